The van der Waals surface area contributed by atoms with Crippen molar-refractivity contribution in [2.24, 2.45) is 0 Å². The first-order valence-corrected chi connectivity index (χ1v) is 4.91. The van der Waals surface area contributed by atoms with Gasteiger partial charge in [-0.25, -0.2) is 9.67 Å². The van der Waals surface area contributed by atoms with Crippen LogP contribution in [-0.4, -0.2) is 14.8 Å². The summed E-state index contributed by atoms with van der Waals surface area (Å²) in [5.41, 5.74) is 7.87. The molecule has 78 valence electrons. The van der Waals surface area contributed by atoms with Gasteiger partial charge in [0.25, 0.3) is 0 Å². The molecule has 2 aromatic heterocycles. The predicted octanol–water partition coefficient (Wildman–Crippen LogP) is 2.12. The lowest BCUT2D eigenvalue weighted by molar-refractivity contribution is 0.806. The molecule has 0 saturated heterocycles. The van der Waals surface area contributed by atoms with E-state index in [1.807, 2.05) is 19.9 Å². The standard InChI is InChI=1S/C10H11ClN4/c1-6-10(11)7(2)15(14-6)9-4-3-8(12)5-13-9/h3-5H,12H2,1-2H3. The fourth-order valence-corrected chi connectivity index (χ4v) is 1.49. The van der Waals surface area contributed by atoms with Crippen molar-refractivity contribution in [2.75, 3.05) is 5.73 Å². The Labute approximate surface area is 92.7 Å². The zero-order valence-electron chi connectivity index (χ0n) is 8.53. The van der Waals surface area contributed by atoms with Gasteiger partial charge in [-0.2, -0.15) is 5.10 Å². The van der Waals surface area contributed by atoms with Crippen LogP contribution in [0.3, 0.4) is 0 Å². The summed E-state index contributed by atoms with van der Waals surface area (Å²) in [6, 6.07) is 3.60. The monoisotopic (exact) mass is 222 g/mol. The molecule has 0 saturated carbocycles. The van der Waals surface area contributed by atoms with Gasteiger partial charge in [0.1, 0.15) is 0 Å². The number of hydrogen-bond acceptors (Lipinski definition) is 3. The van der Waals surface area contributed by atoms with Crippen molar-refractivity contribution in [1.29, 1.82) is 0 Å². The number of nitrogen functional groups attached to an aromatic ring is 1. The van der Waals surface area contributed by atoms with E-state index in [0.717, 1.165) is 17.2 Å². The van der Waals surface area contributed by atoms with Gasteiger partial charge in [-0.3, -0.25) is 0 Å². The third-order valence-electron chi connectivity index (χ3n) is 2.19. The van der Waals surface area contributed by atoms with E-state index in [1.54, 1.807) is 16.9 Å². The molecule has 0 aliphatic carbocycles. The van der Waals surface area contributed by atoms with E-state index in [9.17, 15) is 0 Å². The van der Waals surface area contributed by atoms with Crippen molar-refractivity contribution in [1.82, 2.24) is 14.8 Å². The number of rotatable bonds is 1. The first-order chi connectivity index (χ1) is 7.09. The molecule has 2 rings (SSSR count). The highest BCUT2D eigenvalue weighted by Crippen LogP contribution is 2.21. The van der Waals surface area contributed by atoms with Crippen LogP contribution in [0.1, 0.15) is 11.4 Å². The first kappa shape index (κ1) is 9.98. The minimum Gasteiger partial charge on any atom is -0.397 e. The largest absolute Gasteiger partial charge is 0.397 e. The van der Waals surface area contributed by atoms with E-state index in [0.29, 0.717) is 10.7 Å². The van der Waals surface area contributed by atoms with Crippen molar-refractivity contribution in [3.8, 4) is 5.82 Å². The second-order valence-corrected chi connectivity index (χ2v) is 3.72. The number of nitrogens with zero attached hydrogens (tertiary/aromatic N) is 3. The summed E-state index contributed by atoms with van der Waals surface area (Å²) in [4.78, 5) is 4.18. The first-order valence-electron chi connectivity index (χ1n) is 4.53. The maximum Gasteiger partial charge on any atom is 0.153 e. The molecule has 0 amide bonds. The van der Waals surface area contributed by atoms with E-state index < -0.39 is 0 Å². The van der Waals surface area contributed by atoms with Crippen molar-refractivity contribution in [3.05, 3.63) is 34.7 Å². The molecule has 4 nitrogen and oxygen atoms in total. The Balaban J connectivity index is 2.54. The van der Waals surface area contributed by atoms with Crippen molar-refractivity contribution in [2.45, 2.75) is 13.8 Å². The lowest BCUT2D eigenvalue weighted by Crippen LogP contribution is -2.02. The van der Waals surface area contributed by atoms with Crippen LogP contribution in [0.4, 0.5) is 5.69 Å². The Morgan fingerprint density at radius 3 is 2.53 bits per heavy atom. The van der Waals surface area contributed by atoms with E-state index in [2.05, 4.69) is 10.1 Å². The van der Waals surface area contributed by atoms with Gasteiger partial charge in [-0.05, 0) is 26.0 Å². The molecule has 2 N–H and O–H groups in total. The number of anilines is 1. The third-order valence-corrected chi connectivity index (χ3v) is 2.74. The SMILES string of the molecule is Cc1nn(-c2ccc(N)cn2)c(C)c1Cl. The number of nitrogens with two attached hydrogens (primary N) is 1. The average Bonchev–Trinajstić information content (AvgIpc) is 2.47. The Morgan fingerprint density at radius 2 is 2.07 bits per heavy atom. The summed E-state index contributed by atoms with van der Waals surface area (Å²) >= 11 is 6.04. The van der Waals surface area contributed by atoms with Crippen molar-refractivity contribution in [3.63, 3.8) is 0 Å². The molecule has 0 atom stereocenters. The van der Waals surface area contributed by atoms with Gasteiger partial charge in [-0.1, -0.05) is 11.6 Å². The zero-order valence-corrected chi connectivity index (χ0v) is 9.28. The number of halogens is 1. The highest BCUT2D eigenvalue weighted by molar-refractivity contribution is 6.31. The number of hydrogen-bond donors (Lipinski definition) is 1. The lowest BCUT2D eigenvalue weighted by atomic mass is 10.4. The summed E-state index contributed by atoms with van der Waals surface area (Å²) in [6.45, 7) is 3.77. The molecule has 0 aliphatic heterocycles. The van der Waals surface area contributed by atoms with Gasteiger partial charge in [0.15, 0.2) is 5.82 Å². The minimum absolute atomic E-state index is 0.631. The molecule has 15 heavy (non-hydrogen) atoms. The highest BCUT2D eigenvalue weighted by atomic mass is 35.5. The third kappa shape index (κ3) is 1.68. The maximum absolute atomic E-state index is 6.04. The Bertz CT molecular complexity index is 487. The minimum atomic E-state index is 0.631. The Kier molecular flexibility index (Phi) is 2.36. The maximum atomic E-state index is 6.04. The predicted molar refractivity (Wildman–Crippen MR) is 60.3 cm³/mol. The highest BCUT2D eigenvalue weighted by Gasteiger charge is 2.10. The molecule has 0 fully saturated rings. The van der Waals surface area contributed by atoms with Crippen LogP contribution in [-0.2, 0) is 0 Å². The molecule has 5 heteroatoms. The topological polar surface area (TPSA) is 56.7 Å². The summed E-state index contributed by atoms with van der Waals surface area (Å²) in [6.07, 6.45) is 1.60. The van der Waals surface area contributed by atoms with Crippen LogP contribution in [0.2, 0.25) is 5.02 Å². The van der Waals surface area contributed by atoms with Crippen LogP contribution in [0.25, 0.3) is 5.82 Å². The lowest BCUT2D eigenvalue weighted by Gasteiger charge is -2.02. The van der Waals surface area contributed by atoms with E-state index in [4.69, 9.17) is 17.3 Å². The normalized spacial score (nSPS) is 10.6. The quantitative estimate of drug-likeness (QED) is 0.804. The zero-order chi connectivity index (χ0) is 11.0. The van der Waals surface area contributed by atoms with Crippen LogP contribution in [0, 0.1) is 13.8 Å². The van der Waals surface area contributed by atoms with Gasteiger partial charge < -0.3 is 5.73 Å². The molecule has 0 radical (unpaired) electrons. The molecular formula is C10H11ClN4. The molecule has 0 unspecified atom stereocenters. The van der Waals surface area contributed by atoms with Crippen LogP contribution >= 0.6 is 11.6 Å². The van der Waals surface area contributed by atoms with Gasteiger partial charge >= 0.3 is 0 Å². The summed E-state index contributed by atoms with van der Waals surface area (Å²) < 4.78 is 1.71. The molecular weight excluding hydrogens is 212 g/mol. The van der Waals surface area contributed by atoms with E-state index in [1.165, 1.54) is 0 Å². The van der Waals surface area contributed by atoms with E-state index >= 15 is 0 Å². The molecule has 0 aromatic carbocycles. The second-order valence-electron chi connectivity index (χ2n) is 3.35. The second kappa shape index (κ2) is 3.55. The average molecular weight is 223 g/mol. The molecule has 0 spiro atoms. The van der Waals surface area contributed by atoms with E-state index in [-0.39, 0.29) is 0 Å². The van der Waals surface area contributed by atoms with Gasteiger partial charge in [0.05, 0.1) is 28.3 Å². The summed E-state index contributed by atoms with van der Waals surface area (Å²) in [7, 11) is 0. The molecule has 0 bridgehead atoms. The molecule has 0 aliphatic rings. The number of aryl methyl sites for hydroxylation is 1. The summed E-state index contributed by atoms with van der Waals surface area (Å²) in [5, 5.41) is 4.97. The van der Waals surface area contributed by atoms with Crippen LogP contribution in [0.15, 0.2) is 18.3 Å². The fourth-order valence-electron chi connectivity index (χ4n) is 1.37. The van der Waals surface area contributed by atoms with Crippen LogP contribution < -0.4 is 5.73 Å². The van der Waals surface area contributed by atoms with Crippen molar-refractivity contribution < 1.29 is 0 Å². The number of pyridine rings is 1. The molecule has 2 aromatic rings. The Morgan fingerprint density at radius 1 is 1.33 bits per heavy atom. The Hall–Kier alpha value is -1.55. The van der Waals surface area contributed by atoms with Crippen molar-refractivity contribution >= 4 is 17.3 Å². The number of aromatic nitrogens is 3. The van der Waals surface area contributed by atoms with Crippen LogP contribution in [0.5, 0.6) is 0 Å². The van der Waals surface area contributed by atoms with Gasteiger partial charge in [-0.15, -0.1) is 0 Å². The summed E-state index contributed by atoms with van der Waals surface area (Å²) in [5.74, 6) is 0.719. The fraction of sp³-hybridized carbons (Fsp3) is 0.200. The van der Waals surface area contributed by atoms with Gasteiger partial charge in [0.2, 0.25) is 0 Å². The van der Waals surface area contributed by atoms with Gasteiger partial charge in [0, 0.05) is 0 Å². The molecule has 2 heterocycles. The smallest absolute Gasteiger partial charge is 0.153 e.